The van der Waals surface area contributed by atoms with Crippen LogP contribution in [0.4, 0.5) is 0 Å². The zero-order chi connectivity index (χ0) is 41.2. The number of aromatic nitrogens is 1. The summed E-state index contributed by atoms with van der Waals surface area (Å²) in [6.45, 7) is -0.477. The van der Waals surface area contributed by atoms with Crippen LogP contribution in [0.5, 0.6) is 5.75 Å². The number of hydrogen-bond acceptors (Lipinski definition) is 2. The lowest BCUT2D eigenvalue weighted by Gasteiger charge is -2.21. The van der Waals surface area contributed by atoms with E-state index >= 15 is 0 Å². The minimum atomic E-state index is -0.477. The Hall–Kier alpha value is -5.15. The summed E-state index contributed by atoms with van der Waals surface area (Å²) < 4.78 is 15.1. The molecule has 2 aliphatic rings. The fourth-order valence-corrected chi connectivity index (χ4v) is 9.44. The molecule has 0 bridgehead atoms. The minimum Gasteiger partial charge on any atom is -0.550 e. The Balaban J connectivity index is 1.14. The molecule has 2 aliphatic heterocycles. The molecule has 3 nitrogen and oxygen atoms in total. The Bertz CT molecular complexity index is 3460. The third-order valence-electron chi connectivity index (χ3n) is 12.3. The lowest BCUT2D eigenvalue weighted by Crippen LogP contribution is -2.47. The fourth-order valence-electron chi connectivity index (χ4n) is 9.44. The van der Waals surface area contributed by atoms with Crippen LogP contribution in [0.2, 0.25) is 0 Å². The monoisotopic (exact) mass is 715 g/mol. The highest BCUT2D eigenvalue weighted by Crippen LogP contribution is 2.39. The molecule has 26 radical (unpaired) electrons. The van der Waals surface area contributed by atoms with Crippen molar-refractivity contribution >= 4 is 235 Å². The molecule has 0 unspecified atom stereocenters. The van der Waals surface area contributed by atoms with Crippen molar-refractivity contribution in [3.63, 3.8) is 0 Å². The summed E-state index contributed by atoms with van der Waals surface area (Å²) in [6, 6.07) is 21.5. The highest BCUT2D eigenvalue weighted by molar-refractivity contribution is 6.87. The largest absolute Gasteiger partial charge is 0.550 e. The molecule has 238 valence electrons. The van der Waals surface area contributed by atoms with Crippen molar-refractivity contribution in [1.29, 1.82) is 0 Å². The van der Waals surface area contributed by atoms with Gasteiger partial charge in [0.15, 0.2) is 0 Å². The highest BCUT2D eigenvalue weighted by Gasteiger charge is 2.42. The number of fused-ring (bicyclic) bond motifs is 10. The molecule has 11 rings (SSSR count). The molecule has 7 aromatic carbocycles. The predicted molar refractivity (Wildman–Crippen MR) is 260 cm³/mol. The van der Waals surface area contributed by atoms with Crippen LogP contribution in [0.1, 0.15) is 0 Å². The zero-order valence-electron chi connectivity index (χ0n) is 31.2. The number of furan rings is 1. The topological polar surface area (TPSA) is 27.3 Å². The first-order chi connectivity index (χ1) is 28.2. The fraction of sp³-hybridized carbons (Fsp3) is 0. The lowest BCUT2D eigenvalue weighted by molar-refractivity contribution is 0.605. The normalized spacial score (nSPS) is 12.7. The second kappa shape index (κ2) is 12.4. The van der Waals surface area contributed by atoms with E-state index in [9.17, 15) is 0 Å². The summed E-state index contributed by atoms with van der Waals surface area (Å²) in [5.74, 6) is 0.364. The Morgan fingerprint density at radius 2 is 0.932 bits per heavy atom. The molecule has 0 atom stereocenters. The Labute approximate surface area is 358 Å². The molecule has 0 saturated carbocycles. The van der Waals surface area contributed by atoms with E-state index in [1.165, 1.54) is 0 Å². The van der Waals surface area contributed by atoms with Crippen LogP contribution in [-0.2, 0) is 0 Å². The smallest absolute Gasteiger partial charge is 0.429 e. The van der Waals surface area contributed by atoms with E-state index in [0.717, 1.165) is 27.7 Å². The van der Waals surface area contributed by atoms with Gasteiger partial charge in [-0.3, -0.25) is 0 Å². The first-order valence-corrected chi connectivity index (χ1v) is 18.5. The van der Waals surface area contributed by atoms with Gasteiger partial charge in [0.25, 0.3) is 0 Å². The van der Waals surface area contributed by atoms with Gasteiger partial charge in [-0.05, 0) is 50.4 Å². The average Bonchev–Trinajstić information content (AvgIpc) is 3.88. The Morgan fingerprint density at radius 1 is 0.407 bits per heavy atom. The molecule has 0 N–H and O–H groups in total. The summed E-state index contributed by atoms with van der Waals surface area (Å²) in [5, 5.41) is 1.83. The standard InChI is InChI=1S/C42H11B14NO2/c43-24-18(12-8-10-13(11-9-12)19-25(44)28(47)22-23-29(48)31(50)33(52)35(54)41(23)58-40(22)30(19)49)26(45)34(53)38-20(24)21-27(46)32(51)36(55)42-39(21)57(38)17-7-3-5-15-14-4-1-2-6-16(14)56(59-42)37(15)17/h1-11H. The maximum absolute atomic E-state index is 7.22. The van der Waals surface area contributed by atoms with E-state index in [0.29, 0.717) is 66.0 Å². The second-order valence-corrected chi connectivity index (χ2v) is 15.2. The maximum Gasteiger partial charge on any atom is 0.429 e. The summed E-state index contributed by atoms with van der Waals surface area (Å²) in [6.07, 6.45) is 0. The molecule has 2 aromatic heterocycles. The van der Waals surface area contributed by atoms with E-state index in [1.807, 2.05) is 59.2 Å². The molecule has 0 spiro atoms. The number of benzene rings is 7. The molecule has 17 heteroatoms. The third-order valence-corrected chi connectivity index (χ3v) is 12.3. The predicted octanol–water partition coefficient (Wildman–Crippen LogP) is -6.18. The lowest BCUT2D eigenvalue weighted by atomic mass is 9.58. The second-order valence-electron chi connectivity index (χ2n) is 15.2. The van der Waals surface area contributed by atoms with Gasteiger partial charge in [-0.2, -0.15) is 0 Å². The molecule has 0 amide bonds. The van der Waals surface area contributed by atoms with Gasteiger partial charge in [-0.15, -0.1) is 16.4 Å². The van der Waals surface area contributed by atoms with Gasteiger partial charge in [-0.1, -0.05) is 110 Å². The van der Waals surface area contributed by atoms with E-state index in [4.69, 9.17) is 111 Å². The van der Waals surface area contributed by atoms with Crippen molar-refractivity contribution in [2.45, 2.75) is 0 Å². The summed E-state index contributed by atoms with van der Waals surface area (Å²) >= 11 is 0. The van der Waals surface area contributed by atoms with E-state index < -0.39 is 6.92 Å². The van der Waals surface area contributed by atoms with Crippen LogP contribution >= 0.6 is 0 Å². The van der Waals surface area contributed by atoms with Gasteiger partial charge >= 0.3 is 6.92 Å². The van der Waals surface area contributed by atoms with Crippen LogP contribution in [0.3, 0.4) is 0 Å². The third kappa shape index (κ3) is 4.52. The van der Waals surface area contributed by atoms with Crippen LogP contribution in [0.15, 0.2) is 71.1 Å². The SMILES string of the molecule is [B]c1c([B])c([B])c2c(oc3c([B])c(-c4ccc(-c5c([B])c([B])c6c(c5[B])c5c([B])c([B])c([B])c7c5n6-c5cccc6c5B(O7)c5ccccc5-6)cc4)c([B])c([B])c32)c1[B]. The summed E-state index contributed by atoms with van der Waals surface area (Å²) in [4.78, 5) is 0. The van der Waals surface area contributed by atoms with Crippen LogP contribution < -0.4 is 86.6 Å². The van der Waals surface area contributed by atoms with Crippen molar-refractivity contribution in [3.8, 4) is 44.8 Å². The van der Waals surface area contributed by atoms with Gasteiger partial charge in [0.2, 0.25) is 0 Å². The molecule has 0 aliphatic carbocycles. The van der Waals surface area contributed by atoms with E-state index in [2.05, 4.69) is 12.1 Å². The van der Waals surface area contributed by atoms with Crippen LogP contribution in [-0.4, -0.2) is 113 Å². The summed E-state index contributed by atoms with van der Waals surface area (Å²) in [7, 11) is 86.7. The van der Waals surface area contributed by atoms with Gasteiger partial charge in [0.05, 0.1) is 5.52 Å². The molecule has 0 saturated heterocycles. The molecular formula is C42H11B14NO2. The van der Waals surface area contributed by atoms with Crippen molar-refractivity contribution in [2.75, 3.05) is 0 Å². The van der Waals surface area contributed by atoms with Gasteiger partial charge in [0.1, 0.15) is 119 Å². The quantitative estimate of drug-likeness (QED) is 0.167. The average molecular weight is 713 g/mol. The Morgan fingerprint density at radius 3 is 1.63 bits per heavy atom. The van der Waals surface area contributed by atoms with Gasteiger partial charge < -0.3 is 13.6 Å². The number of hydrogen-bond donors (Lipinski definition) is 0. The van der Waals surface area contributed by atoms with Crippen LogP contribution in [0, 0.1) is 0 Å². The first-order valence-electron chi connectivity index (χ1n) is 18.5. The van der Waals surface area contributed by atoms with Gasteiger partial charge in [0, 0.05) is 38.2 Å². The molecule has 59 heavy (non-hydrogen) atoms. The van der Waals surface area contributed by atoms with Crippen LogP contribution in [0.25, 0.3) is 82.8 Å². The molecule has 4 heterocycles. The van der Waals surface area contributed by atoms with Gasteiger partial charge in [-0.25, -0.2) is 0 Å². The Kier molecular flexibility index (Phi) is 7.78. The first kappa shape index (κ1) is 36.9. The van der Waals surface area contributed by atoms with E-state index in [1.54, 1.807) is 0 Å². The van der Waals surface area contributed by atoms with Crippen molar-refractivity contribution in [1.82, 2.24) is 4.57 Å². The molecule has 0 fully saturated rings. The minimum absolute atomic E-state index is 0.0902. The summed E-state index contributed by atoms with van der Waals surface area (Å²) in [5.41, 5.74) is 11.0. The molecule has 9 aromatic rings. The highest BCUT2D eigenvalue weighted by atomic mass is 16.4. The van der Waals surface area contributed by atoms with Crippen molar-refractivity contribution in [2.24, 2.45) is 0 Å². The van der Waals surface area contributed by atoms with E-state index in [-0.39, 0.29) is 76.7 Å². The number of nitrogens with zero attached hydrogens (tertiary/aromatic N) is 1. The zero-order valence-corrected chi connectivity index (χ0v) is 31.2. The maximum atomic E-state index is 7.22. The number of rotatable bonds is 2. The van der Waals surface area contributed by atoms with Crippen molar-refractivity contribution < 1.29 is 9.07 Å². The molecular weight excluding hydrogens is 702 g/mol. The van der Waals surface area contributed by atoms with Crippen molar-refractivity contribution in [3.05, 3.63) is 66.7 Å².